The molecular formula is C63H41N5O. The minimum Gasteiger partial charge on any atom is -0.455 e. The summed E-state index contributed by atoms with van der Waals surface area (Å²) in [7, 11) is 0. The van der Waals surface area contributed by atoms with Crippen LogP contribution in [0.2, 0.25) is 0 Å². The minimum atomic E-state index is 0.0335. The van der Waals surface area contributed by atoms with Crippen LogP contribution in [0.4, 0.5) is 0 Å². The Morgan fingerprint density at radius 2 is 1.01 bits per heavy atom. The first-order valence-corrected chi connectivity index (χ1v) is 23.6. The number of nitrogens with zero attached hydrogens (tertiary/aromatic N) is 5. The Morgan fingerprint density at radius 1 is 0.435 bits per heavy atom. The lowest BCUT2D eigenvalue weighted by molar-refractivity contribution is 0.673. The molecule has 0 fully saturated rings. The second-order valence-electron chi connectivity index (χ2n) is 17.8. The van der Waals surface area contributed by atoms with E-state index >= 15 is 0 Å². The largest absolute Gasteiger partial charge is 0.455 e. The molecule has 0 aliphatic heterocycles. The van der Waals surface area contributed by atoms with Crippen molar-refractivity contribution in [3.8, 4) is 56.4 Å². The van der Waals surface area contributed by atoms with Gasteiger partial charge in [0, 0.05) is 55.4 Å². The maximum absolute atomic E-state index is 7.18. The molecule has 0 saturated carbocycles. The molecule has 0 amide bonds. The fourth-order valence-corrected chi connectivity index (χ4v) is 10.8. The Hall–Kier alpha value is -9.13. The van der Waals surface area contributed by atoms with Crippen LogP contribution in [0.1, 0.15) is 18.2 Å². The van der Waals surface area contributed by atoms with E-state index in [4.69, 9.17) is 19.4 Å². The summed E-state index contributed by atoms with van der Waals surface area (Å²) in [5, 5.41) is 6.77. The monoisotopic (exact) mass is 883 g/mol. The molecule has 4 heterocycles. The molecule has 13 aromatic rings. The minimum absolute atomic E-state index is 0.0335. The van der Waals surface area contributed by atoms with Crippen LogP contribution >= 0.6 is 0 Å². The third kappa shape index (κ3) is 6.23. The van der Waals surface area contributed by atoms with E-state index < -0.39 is 0 Å². The molecule has 6 nitrogen and oxygen atoms in total. The first-order chi connectivity index (χ1) is 34.2. The Balaban J connectivity index is 1.08. The summed E-state index contributed by atoms with van der Waals surface area (Å²) >= 11 is 0. The Labute approximate surface area is 397 Å². The number of hydrogen-bond acceptors (Lipinski definition) is 4. The molecule has 4 aromatic heterocycles. The zero-order chi connectivity index (χ0) is 45.4. The van der Waals surface area contributed by atoms with Gasteiger partial charge in [0.1, 0.15) is 17.0 Å². The highest BCUT2D eigenvalue weighted by molar-refractivity contribution is 6.30. The summed E-state index contributed by atoms with van der Waals surface area (Å²) in [6.45, 7) is 0. The number of aromatic nitrogens is 5. The normalized spacial score (nSPS) is 13.8. The van der Waals surface area contributed by atoms with E-state index in [1.807, 2.05) is 18.2 Å². The summed E-state index contributed by atoms with van der Waals surface area (Å²) in [6.07, 6.45) is 9.37. The molecule has 0 saturated heterocycles. The molecule has 0 spiro atoms. The fraction of sp³-hybridized carbons (Fsp3) is 0.0317. The molecule has 324 valence electrons. The maximum atomic E-state index is 7.18. The van der Waals surface area contributed by atoms with Crippen molar-refractivity contribution in [1.29, 1.82) is 0 Å². The lowest BCUT2D eigenvalue weighted by atomic mass is 9.92. The van der Waals surface area contributed by atoms with Crippen molar-refractivity contribution in [3.63, 3.8) is 0 Å². The van der Waals surface area contributed by atoms with Crippen LogP contribution in [0.15, 0.2) is 235 Å². The first-order valence-electron chi connectivity index (χ1n) is 23.6. The zero-order valence-electron chi connectivity index (χ0n) is 37.4. The summed E-state index contributed by atoms with van der Waals surface area (Å²) < 4.78 is 12.0. The van der Waals surface area contributed by atoms with Crippen molar-refractivity contribution < 1.29 is 4.42 Å². The van der Waals surface area contributed by atoms with E-state index in [9.17, 15) is 0 Å². The van der Waals surface area contributed by atoms with E-state index in [0.717, 1.165) is 112 Å². The number of para-hydroxylation sites is 3. The summed E-state index contributed by atoms with van der Waals surface area (Å²) in [5.74, 6) is 2.08. The van der Waals surface area contributed by atoms with E-state index in [-0.39, 0.29) is 5.92 Å². The van der Waals surface area contributed by atoms with Gasteiger partial charge in [0.15, 0.2) is 11.6 Å². The molecule has 1 unspecified atom stereocenters. The Morgan fingerprint density at radius 3 is 1.68 bits per heavy atom. The Bertz CT molecular complexity index is 4140. The highest BCUT2D eigenvalue weighted by atomic mass is 16.3. The standard InChI is InChI=1S/C63H41N5O/c1-6-20-40(21-7-1)50-38-44(63-65-61(42-24-10-3-11-25-42)64-62(66-63)43-26-12-4-13-27-43)39-51(41-22-8-2-9-23-41)58(50)68-53-33-19-17-31-48(53)56-54(68)36-34-49-57-55(69-60(49)56)37-35-47-46-30-16-18-32-52(46)67(59(47)57)45-28-14-5-15-29-45/h1-26,28-39,43H,27H2. The van der Waals surface area contributed by atoms with Crippen LogP contribution in [-0.2, 0) is 0 Å². The summed E-state index contributed by atoms with van der Waals surface area (Å²) in [6, 6.07) is 73.3. The van der Waals surface area contributed by atoms with Crippen molar-refractivity contribution in [2.75, 3.05) is 0 Å². The average molecular weight is 884 g/mol. The number of benzene rings is 9. The predicted octanol–water partition coefficient (Wildman–Crippen LogP) is 16.2. The molecule has 1 aliphatic rings. The van der Waals surface area contributed by atoms with Gasteiger partial charge in [0.05, 0.1) is 38.5 Å². The highest BCUT2D eigenvalue weighted by Gasteiger charge is 2.27. The van der Waals surface area contributed by atoms with Crippen LogP contribution in [0.5, 0.6) is 0 Å². The molecule has 1 aliphatic carbocycles. The molecule has 9 aromatic carbocycles. The van der Waals surface area contributed by atoms with E-state index in [1.54, 1.807) is 0 Å². The molecule has 0 bridgehead atoms. The smallest absolute Gasteiger partial charge is 0.163 e. The molecule has 1 atom stereocenters. The number of fused-ring (bicyclic) bond motifs is 11. The quantitative estimate of drug-likeness (QED) is 0.160. The predicted molar refractivity (Wildman–Crippen MR) is 283 cm³/mol. The van der Waals surface area contributed by atoms with Crippen molar-refractivity contribution >= 4 is 65.6 Å². The summed E-state index contributed by atoms with van der Waals surface area (Å²) in [5.41, 5.74) is 14.5. The zero-order valence-corrected chi connectivity index (χ0v) is 37.4. The lowest BCUT2D eigenvalue weighted by Gasteiger charge is -2.21. The van der Waals surface area contributed by atoms with Crippen LogP contribution < -0.4 is 0 Å². The Kier molecular flexibility index (Phi) is 8.92. The first kappa shape index (κ1) is 39.1. The van der Waals surface area contributed by atoms with Gasteiger partial charge in [-0.15, -0.1) is 0 Å². The molecule has 14 rings (SSSR count). The highest BCUT2D eigenvalue weighted by Crippen LogP contribution is 2.48. The van der Waals surface area contributed by atoms with Gasteiger partial charge in [-0.3, -0.25) is 0 Å². The van der Waals surface area contributed by atoms with Crippen molar-refractivity contribution in [2.45, 2.75) is 12.3 Å². The topological polar surface area (TPSA) is 61.7 Å². The summed E-state index contributed by atoms with van der Waals surface area (Å²) in [4.78, 5) is 15.7. The third-order valence-corrected chi connectivity index (χ3v) is 13.8. The van der Waals surface area contributed by atoms with Gasteiger partial charge < -0.3 is 13.6 Å². The van der Waals surface area contributed by atoms with Crippen molar-refractivity contribution in [2.24, 2.45) is 0 Å². The molecule has 0 N–H and O–H groups in total. The second-order valence-corrected chi connectivity index (χ2v) is 17.8. The van der Waals surface area contributed by atoms with Crippen LogP contribution in [-0.4, -0.2) is 24.1 Å². The fourth-order valence-electron chi connectivity index (χ4n) is 10.8. The van der Waals surface area contributed by atoms with Gasteiger partial charge in [-0.2, -0.15) is 0 Å². The SMILES string of the molecule is C1=CCC(c2nc(-c3ccccc3)nc(-c3cc(-c4ccccc4)c(-n4c5ccccc5c5c6oc7ccc8c9ccccc9n(-c9ccccc9)c8c7c6ccc54)c(-c4ccccc4)c3)n2)C=C1. The molecular weight excluding hydrogens is 843 g/mol. The number of furan rings is 1. The maximum Gasteiger partial charge on any atom is 0.163 e. The van der Waals surface area contributed by atoms with Crippen molar-refractivity contribution in [1.82, 2.24) is 24.1 Å². The number of rotatable bonds is 7. The second kappa shape index (κ2) is 15.8. The molecule has 69 heavy (non-hydrogen) atoms. The van der Waals surface area contributed by atoms with Crippen LogP contribution in [0.25, 0.3) is 122 Å². The van der Waals surface area contributed by atoms with Gasteiger partial charge in [-0.05, 0) is 78.2 Å². The number of hydrogen-bond donors (Lipinski definition) is 0. The van der Waals surface area contributed by atoms with E-state index in [2.05, 4.69) is 221 Å². The van der Waals surface area contributed by atoms with Crippen LogP contribution in [0, 0.1) is 0 Å². The lowest BCUT2D eigenvalue weighted by Crippen LogP contribution is -2.08. The van der Waals surface area contributed by atoms with Crippen molar-refractivity contribution in [3.05, 3.63) is 236 Å². The van der Waals surface area contributed by atoms with Gasteiger partial charge in [-0.1, -0.05) is 170 Å². The van der Waals surface area contributed by atoms with E-state index in [1.165, 1.54) is 10.8 Å². The van der Waals surface area contributed by atoms with Crippen LogP contribution in [0.3, 0.4) is 0 Å². The average Bonchev–Trinajstić information content (AvgIpc) is 4.09. The third-order valence-electron chi connectivity index (χ3n) is 13.8. The molecule has 6 heteroatoms. The number of allylic oxidation sites excluding steroid dienone is 4. The van der Waals surface area contributed by atoms with E-state index in [0.29, 0.717) is 11.6 Å². The molecule has 0 radical (unpaired) electrons. The van der Waals surface area contributed by atoms with Gasteiger partial charge in [-0.25, -0.2) is 15.0 Å². The van der Waals surface area contributed by atoms with Gasteiger partial charge in [0.2, 0.25) is 0 Å². The van der Waals surface area contributed by atoms with Gasteiger partial charge in [0.25, 0.3) is 0 Å². The van der Waals surface area contributed by atoms with Gasteiger partial charge >= 0.3 is 0 Å².